The van der Waals surface area contributed by atoms with E-state index in [1.807, 2.05) is 0 Å². The Hall–Kier alpha value is -5.05. The number of hydrogen-bond acceptors (Lipinski definition) is 6. The summed E-state index contributed by atoms with van der Waals surface area (Å²) in [5.74, 6) is -1.02. The van der Waals surface area contributed by atoms with Crippen LogP contribution >= 0.6 is 0 Å². The Morgan fingerprint density at radius 3 is 2.65 bits per heavy atom. The number of piperidine rings is 1. The highest BCUT2D eigenvalue weighted by molar-refractivity contribution is 6.04. The molecule has 4 heterocycles. The molecule has 0 saturated carbocycles. The van der Waals surface area contributed by atoms with Crippen molar-refractivity contribution in [3.8, 4) is 17.3 Å². The van der Waals surface area contributed by atoms with E-state index in [-0.39, 0.29) is 23.3 Å². The molecule has 0 radical (unpaired) electrons. The highest BCUT2D eigenvalue weighted by Gasteiger charge is 2.31. The molecule has 40 heavy (non-hydrogen) atoms. The van der Waals surface area contributed by atoms with Crippen LogP contribution in [0.5, 0.6) is 0 Å². The molecule has 1 atom stereocenters. The second kappa shape index (κ2) is 10.6. The molecule has 1 N–H and O–H groups in total. The van der Waals surface area contributed by atoms with Crippen LogP contribution in [0.4, 0.5) is 19.0 Å². The molecule has 5 rings (SSSR count). The van der Waals surface area contributed by atoms with Gasteiger partial charge in [-0.05, 0) is 43.2 Å². The number of nitriles is 1. The van der Waals surface area contributed by atoms with E-state index >= 15 is 0 Å². The minimum atomic E-state index is -4.56. The van der Waals surface area contributed by atoms with Gasteiger partial charge in [0.2, 0.25) is 5.91 Å². The van der Waals surface area contributed by atoms with Gasteiger partial charge in [0, 0.05) is 48.2 Å². The standard InChI is InChI=1S/C28H22F3N7O2/c1-2-24(39)37-11-3-4-21(16-37)38-26-19(13-32)14-33-15-22(26)25(36-38)17-5-7-18(8-6-17)27(40)35-23-12-20(9-10-34-23)28(29,30)31/h2,5-10,12,14-15,21H,1,3-4,11,16H2,(H,34,35,40)/t21-/m1/s1. The highest BCUT2D eigenvalue weighted by Crippen LogP contribution is 2.34. The topological polar surface area (TPSA) is 117 Å². The number of alkyl halides is 3. The third-order valence-electron chi connectivity index (χ3n) is 6.71. The van der Waals surface area contributed by atoms with E-state index in [0.717, 1.165) is 31.2 Å². The summed E-state index contributed by atoms with van der Waals surface area (Å²) < 4.78 is 40.7. The lowest BCUT2D eigenvalue weighted by Crippen LogP contribution is -2.40. The van der Waals surface area contributed by atoms with E-state index < -0.39 is 17.6 Å². The fourth-order valence-electron chi connectivity index (χ4n) is 4.77. The summed E-state index contributed by atoms with van der Waals surface area (Å²) in [6, 6.07) is 9.95. The number of amides is 2. The Morgan fingerprint density at radius 1 is 1.18 bits per heavy atom. The van der Waals surface area contributed by atoms with Crippen molar-refractivity contribution in [1.82, 2.24) is 24.6 Å². The fourth-order valence-corrected chi connectivity index (χ4v) is 4.77. The van der Waals surface area contributed by atoms with E-state index in [1.54, 1.807) is 27.9 Å². The quantitative estimate of drug-likeness (QED) is 0.354. The van der Waals surface area contributed by atoms with Crippen LogP contribution in [0.2, 0.25) is 0 Å². The van der Waals surface area contributed by atoms with Gasteiger partial charge in [-0.1, -0.05) is 18.7 Å². The van der Waals surface area contributed by atoms with Crippen LogP contribution in [-0.4, -0.2) is 49.6 Å². The van der Waals surface area contributed by atoms with Crippen LogP contribution in [-0.2, 0) is 11.0 Å². The van der Waals surface area contributed by atoms with Crippen molar-refractivity contribution in [3.05, 3.63) is 84.3 Å². The molecule has 9 nitrogen and oxygen atoms in total. The van der Waals surface area contributed by atoms with Crippen LogP contribution in [0.15, 0.2) is 67.6 Å². The molecule has 1 aliphatic rings. The van der Waals surface area contributed by atoms with E-state index in [2.05, 4.69) is 27.9 Å². The maximum absolute atomic E-state index is 13.0. The van der Waals surface area contributed by atoms with Gasteiger partial charge in [0.15, 0.2) is 0 Å². The molecule has 1 fully saturated rings. The number of nitrogens with one attached hydrogen (secondary N) is 1. The molecule has 0 spiro atoms. The molecule has 2 amide bonds. The third kappa shape index (κ3) is 5.13. The van der Waals surface area contributed by atoms with Crippen molar-refractivity contribution < 1.29 is 22.8 Å². The van der Waals surface area contributed by atoms with Crippen molar-refractivity contribution in [2.75, 3.05) is 18.4 Å². The Balaban J connectivity index is 1.45. The molecule has 1 saturated heterocycles. The first-order valence-electron chi connectivity index (χ1n) is 12.3. The molecular formula is C28H22F3N7O2. The second-order valence-electron chi connectivity index (χ2n) is 9.23. The summed E-state index contributed by atoms with van der Waals surface area (Å²) in [5.41, 5.74) is 1.41. The van der Waals surface area contributed by atoms with Crippen molar-refractivity contribution in [3.63, 3.8) is 0 Å². The van der Waals surface area contributed by atoms with Gasteiger partial charge in [-0.25, -0.2) is 4.98 Å². The molecule has 0 aliphatic carbocycles. The first kappa shape index (κ1) is 26.6. The van der Waals surface area contributed by atoms with Crippen LogP contribution in [0.1, 0.15) is 40.4 Å². The SMILES string of the molecule is C=CC(=O)N1CCC[C@@H](n2nc(-c3ccc(C(=O)Nc4cc(C(F)(F)F)ccn4)cc3)c3cncc(C#N)c32)C1. The molecule has 1 aliphatic heterocycles. The third-order valence-corrected chi connectivity index (χ3v) is 6.71. The van der Waals surface area contributed by atoms with Crippen LogP contribution in [0, 0.1) is 11.3 Å². The first-order valence-corrected chi connectivity index (χ1v) is 12.3. The van der Waals surface area contributed by atoms with E-state index in [9.17, 15) is 28.0 Å². The summed E-state index contributed by atoms with van der Waals surface area (Å²) in [4.78, 5) is 34.6. The van der Waals surface area contributed by atoms with Gasteiger partial charge in [-0.15, -0.1) is 0 Å². The lowest BCUT2D eigenvalue weighted by molar-refractivity contribution is -0.137. The number of likely N-dealkylation sites (tertiary alicyclic amines) is 1. The predicted octanol–water partition coefficient (Wildman–Crippen LogP) is 4.99. The van der Waals surface area contributed by atoms with Gasteiger partial charge >= 0.3 is 6.18 Å². The minimum Gasteiger partial charge on any atom is -0.337 e. The number of rotatable bonds is 5. The normalized spacial score (nSPS) is 15.4. The van der Waals surface area contributed by atoms with Gasteiger partial charge in [0.1, 0.15) is 17.6 Å². The summed E-state index contributed by atoms with van der Waals surface area (Å²) >= 11 is 0. The van der Waals surface area contributed by atoms with Gasteiger partial charge in [0.25, 0.3) is 5.91 Å². The monoisotopic (exact) mass is 545 g/mol. The average molecular weight is 546 g/mol. The molecule has 3 aromatic heterocycles. The predicted molar refractivity (Wildman–Crippen MR) is 140 cm³/mol. The Morgan fingerprint density at radius 2 is 1.95 bits per heavy atom. The van der Waals surface area contributed by atoms with E-state index in [1.165, 1.54) is 24.4 Å². The first-order chi connectivity index (χ1) is 19.2. The maximum atomic E-state index is 13.0. The van der Waals surface area contributed by atoms with Gasteiger partial charge in [-0.2, -0.15) is 23.5 Å². The zero-order valence-corrected chi connectivity index (χ0v) is 21.0. The molecule has 202 valence electrons. The number of anilines is 1. The van der Waals surface area contributed by atoms with Crippen LogP contribution in [0.25, 0.3) is 22.2 Å². The van der Waals surface area contributed by atoms with Crippen LogP contribution in [0.3, 0.4) is 0 Å². The smallest absolute Gasteiger partial charge is 0.337 e. The molecular weight excluding hydrogens is 523 g/mol. The largest absolute Gasteiger partial charge is 0.416 e. The molecule has 0 unspecified atom stereocenters. The number of fused-ring (bicyclic) bond motifs is 1. The Bertz CT molecular complexity index is 1660. The zero-order valence-electron chi connectivity index (χ0n) is 21.0. The number of hydrogen-bond donors (Lipinski definition) is 1. The van der Waals surface area contributed by atoms with Gasteiger partial charge < -0.3 is 10.2 Å². The number of carbonyl (C=O) groups is 2. The zero-order chi connectivity index (χ0) is 28.4. The van der Waals surface area contributed by atoms with Gasteiger partial charge in [-0.3, -0.25) is 19.3 Å². The molecule has 0 bridgehead atoms. The summed E-state index contributed by atoms with van der Waals surface area (Å²) in [6.07, 6.45) is 2.30. The average Bonchev–Trinajstić information content (AvgIpc) is 3.36. The van der Waals surface area contributed by atoms with Crippen molar-refractivity contribution in [2.24, 2.45) is 0 Å². The van der Waals surface area contributed by atoms with Crippen molar-refractivity contribution in [1.29, 1.82) is 5.26 Å². The minimum absolute atomic E-state index is 0.169. The number of carbonyl (C=O) groups excluding carboxylic acids is 2. The van der Waals surface area contributed by atoms with Gasteiger partial charge in [0.05, 0.1) is 22.7 Å². The lowest BCUT2D eigenvalue weighted by atomic mass is 10.0. The summed E-state index contributed by atoms with van der Waals surface area (Å²) in [7, 11) is 0. The van der Waals surface area contributed by atoms with E-state index in [4.69, 9.17) is 5.10 Å². The number of nitrogens with zero attached hydrogens (tertiary/aromatic N) is 6. The second-order valence-corrected chi connectivity index (χ2v) is 9.23. The number of benzene rings is 1. The summed E-state index contributed by atoms with van der Waals surface area (Å²) in [6.45, 7) is 4.59. The van der Waals surface area contributed by atoms with E-state index in [0.29, 0.717) is 40.8 Å². The lowest BCUT2D eigenvalue weighted by Gasteiger charge is -2.32. The number of pyridine rings is 2. The number of aromatic nitrogens is 4. The van der Waals surface area contributed by atoms with Crippen molar-refractivity contribution in [2.45, 2.75) is 25.1 Å². The van der Waals surface area contributed by atoms with Crippen molar-refractivity contribution >= 4 is 28.5 Å². The maximum Gasteiger partial charge on any atom is 0.416 e. The van der Waals surface area contributed by atoms with Crippen LogP contribution < -0.4 is 5.32 Å². The molecule has 12 heteroatoms. The Kier molecular flexibility index (Phi) is 7.04. The fraction of sp³-hybridized carbons (Fsp3) is 0.214. The molecule has 4 aromatic rings. The molecule has 1 aromatic carbocycles. The highest BCUT2D eigenvalue weighted by atomic mass is 19.4. The summed E-state index contributed by atoms with van der Waals surface area (Å²) in [5, 5.41) is 17.6. The Labute approximate surface area is 226 Å². The number of halogens is 3.